The topological polar surface area (TPSA) is 43.9 Å². The van der Waals surface area contributed by atoms with E-state index in [1.165, 1.54) is 32.6 Å². The van der Waals surface area contributed by atoms with Gasteiger partial charge in [-0.15, -0.1) is 54.1 Å². The molecule has 0 fully saturated rings. The number of para-hydroxylation sites is 2. The molecule has 6 heteroatoms. The molecule has 6 aromatic carbocycles. The number of benzene rings is 6. The zero-order valence-electron chi connectivity index (χ0n) is 32.5. The number of aryl methyl sites for hydroxylation is 2. The van der Waals surface area contributed by atoms with Crippen molar-refractivity contribution in [3.05, 3.63) is 156 Å². The fourth-order valence-corrected chi connectivity index (χ4v) is 9.24. The van der Waals surface area contributed by atoms with E-state index in [-0.39, 0.29) is 20.1 Å². The molecule has 9 aromatic rings. The SMILES string of the molecule is CC(C)Cc1cc(-c2[c-]cccc2)ncc1[Si](C)(C)C.Cc1cccc(C)c1-n1c(-c2[c-]ccc3c2oc2ccccc23)nc2cc3ccccc3cc21.[Ir]. The first kappa shape index (κ1) is 38.2. The number of fused-ring (bicyclic) bond motifs is 5. The van der Waals surface area contributed by atoms with Crippen LogP contribution >= 0.6 is 0 Å². The third kappa shape index (κ3) is 7.47. The van der Waals surface area contributed by atoms with E-state index in [0.29, 0.717) is 5.92 Å². The van der Waals surface area contributed by atoms with Gasteiger partial charge >= 0.3 is 0 Å². The molecular formula is C49H45IrN3OSi-2. The minimum absolute atomic E-state index is 0. The molecule has 0 saturated heterocycles. The van der Waals surface area contributed by atoms with Crippen molar-refractivity contribution >= 4 is 57.0 Å². The van der Waals surface area contributed by atoms with E-state index in [4.69, 9.17) is 9.40 Å². The molecule has 0 atom stereocenters. The van der Waals surface area contributed by atoms with Crippen molar-refractivity contribution < 1.29 is 24.5 Å². The Bertz CT molecular complexity index is 2770. The molecule has 0 bridgehead atoms. The van der Waals surface area contributed by atoms with E-state index in [9.17, 15) is 0 Å². The normalized spacial score (nSPS) is 11.6. The van der Waals surface area contributed by atoms with E-state index in [1.807, 2.05) is 42.5 Å². The van der Waals surface area contributed by atoms with Gasteiger partial charge in [-0.25, -0.2) is 0 Å². The van der Waals surface area contributed by atoms with Crippen molar-refractivity contribution in [2.24, 2.45) is 5.92 Å². The second-order valence-electron chi connectivity index (χ2n) is 15.7. The van der Waals surface area contributed by atoms with Gasteiger partial charge in [-0.1, -0.05) is 117 Å². The summed E-state index contributed by atoms with van der Waals surface area (Å²) in [5, 5.41) is 6.05. The summed E-state index contributed by atoms with van der Waals surface area (Å²) in [6, 6.07) is 48.6. The molecule has 55 heavy (non-hydrogen) atoms. The van der Waals surface area contributed by atoms with Gasteiger partial charge in [0.05, 0.1) is 30.5 Å². The van der Waals surface area contributed by atoms with Gasteiger partial charge in [-0.05, 0) is 77.2 Å². The maximum Gasteiger partial charge on any atom is 0.120 e. The van der Waals surface area contributed by atoms with Crippen molar-refractivity contribution in [3.8, 4) is 28.3 Å². The predicted octanol–water partition coefficient (Wildman–Crippen LogP) is 12.5. The summed E-state index contributed by atoms with van der Waals surface area (Å²) in [5.41, 5.74) is 11.7. The van der Waals surface area contributed by atoms with Crippen molar-refractivity contribution in [3.63, 3.8) is 0 Å². The van der Waals surface area contributed by atoms with Crippen LogP contribution in [-0.2, 0) is 26.5 Å². The molecule has 0 spiro atoms. The van der Waals surface area contributed by atoms with Crippen LogP contribution in [-0.4, -0.2) is 22.6 Å². The van der Waals surface area contributed by atoms with Crippen molar-refractivity contribution in [2.75, 3.05) is 0 Å². The monoisotopic (exact) mass is 912 g/mol. The molecule has 0 amide bonds. The molecule has 4 nitrogen and oxygen atoms in total. The summed E-state index contributed by atoms with van der Waals surface area (Å²) in [6.45, 7) is 16.0. The van der Waals surface area contributed by atoms with Gasteiger partial charge in [0.1, 0.15) is 5.58 Å². The van der Waals surface area contributed by atoms with Crippen molar-refractivity contribution in [1.29, 1.82) is 0 Å². The molecule has 277 valence electrons. The molecule has 0 N–H and O–H groups in total. The fourth-order valence-electron chi connectivity index (χ4n) is 7.65. The molecule has 0 aliphatic carbocycles. The second kappa shape index (κ2) is 15.5. The molecule has 3 heterocycles. The number of hydrogen-bond acceptors (Lipinski definition) is 3. The average molecular weight is 912 g/mol. The van der Waals surface area contributed by atoms with Gasteiger partial charge in [-0.2, -0.15) is 0 Å². The minimum atomic E-state index is -1.34. The number of imidazole rings is 1. The third-order valence-corrected chi connectivity index (χ3v) is 12.2. The number of hydrogen-bond donors (Lipinski definition) is 0. The Kier molecular flexibility index (Phi) is 10.8. The number of furan rings is 1. The van der Waals surface area contributed by atoms with Crippen molar-refractivity contribution in [1.82, 2.24) is 14.5 Å². The molecule has 0 saturated carbocycles. The fraction of sp³-hybridized carbons (Fsp3) is 0.184. The Hall–Kier alpha value is -5.13. The van der Waals surface area contributed by atoms with Crippen LogP contribution in [0.5, 0.6) is 0 Å². The van der Waals surface area contributed by atoms with Crippen LogP contribution in [0.1, 0.15) is 30.5 Å². The molecule has 9 rings (SSSR count). The van der Waals surface area contributed by atoms with Crippen LogP contribution in [0.4, 0.5) is 0 Å². The van der Waals surface area contributed by atoms with Gasteiger partial charge in [0, 0.05) is 37.4 Å². The first-order valence-electron chi connectivity index (χ1n) is 18.8. The molecular weight excluding hydrogens is 867 g/mol. The second-order valence-corrected chi connectivity index (χ2v) is 20.8. The Morgan fingerprint density at radius 2 is 1.45 bits per heavy atom. The number of pyridine rings is 1. The molecule has 0 unspecified atom stereocenters. The van der Waals surface area contributed by atoms with E-state index in [2.05, 4.69) is 154 Å². The summed E-state index contributed by atoms with van der Waals surface area (Å²) in [7, 11) is -1.34. The van der Waals surface area contributed by atoms with E-state index < -0.39 is 8.07 Å². The van der Waals surface area contributed by atoms with Gasteiger partial charge in [-0.3, -0.25) is 4.98 Å². The van der Waals surface area contributed by atoms with Crippen molar-refractivity contribution in [2.45, 2.75) is 53.8 Å². The maximum absolute atomic E-state index is 6.38. The largest absolute Gasteiger partial charge is 0.501 e. The molecule has 3 aromatic heterocycles. The van der Waals surface area contributed by atoms with E-state index in [0.717, 1.165) is 67.7 Å². The first-order valence-corrected chi connectivity index (χ1v) is 22.3. The molecule has 1 radical (unpaired) electrons. The third-order valence-electron chi connectivity index (χ3n) is 10.2. The van der Waals surface area contributed by atoms with Gasteiger partial charge in [0.25, 0.3) is 0 Å². The predicted molar refractivity (Wildman–Crippen MR) is 230 cm³/mol. The van der Waals surface area contributed by atoms with Crippen LogP contribution in [0.15, 0.2) is 132 Å². The van der Waals surface area contributed by atoms with Crippen LogP contribution in [0.25, 0.3) is 72.1 Å². The van der Waals surface area contributed by atoms with E-state index in [1.54, 1.807) is 0 Å². The Balaban J connectivity index is 0.000000191. The summed E-state index contributed by atoms with van der Waals surface area (Å²) >= 11 is 0. The summed E-state index contributed by atoms with van der Waals surface area (Å²) in [4.78, 5) is 9.87. The maximum atomic E-state index is 6.38. The van der Waals surface area contributed by atoms with Gasteiger partial charge in [0.2, 0.25) is 0 Å². The van der Waals surface area contributed by atoms with E-state index >= 15 is 0 Å². The molecule has 0 aliphatic rings. The minimum Gasteiger partial charge on any atom is -0.501 e. The van der Waals surface area contributed by atoms with Gasteiger partial charge < -0.3 is 14.0 Å². The first-order chi connectivity index (χ1) is 26.1. The van der Waals surface area contributed by atoms with Crippen LogP contribution in [0.3, 0.4) is 0 Å². The van der Waals surface area contributed by atoms with Crippen LogP contribution in [0.2, 0.25) is 19.6 Å². The average Bonchev–Trinajstić information content (AvgIpc) is 3.72. The Labute approximate surface area is 338 Å². The number of aromatic nitrogens is 3. The van der Waals surface area contributed by atoms with Crippen LogP contribution in [0, 0.1) is 31.9 Å². The summed E-state index contributed by atoms with van der Waals surface area (Å²) in [5.74, 6) is 1.51. The number of nitrogens with zero attached hydrogens (tertiary/aromatic N) is 3. The van der Waals surface area contributed by atoms with Crippen LogP contribution < -0.4 is 5.19 Å². The number of rotatable bonds is 6. The zero-order chi connectivity index (χ0) is 37.6. The summed E-state index contributed by atoms with van der Waals surface area (Å²) < 4.78 is 8.66. The Morgan fingerprint density at radius 3 is 2.16 bits per heavy atom. The summed E-state index contributed by atoms with van der Waals surface area (Å²) in [6.07, 6.45) is 3.24. The smallest absolute Gasteiger partial charge is 0.120 e. The quantitative estimate of drug-likeness (QED) is 0.123. The van der Waals surface area contributed by atoms with Gasteiger partial charge in [0.15, 0.2) is 0 Å². The zero-order valence-corrected chi connectivity index (χ0v) is 35.9. The Morgan fingerprint density at radius 1 is 0.745 bits per heavy atom. The standard InChI is InChI=1S/C31H21N2O.C18H24NSi.Ir/c1-19-9-7-10-20(2)29(19)33-27-18-22-12-4-3-11-21(22)17-26(27)32-31(33)25-15-8-14-24-23-13-5-6-16-28(23)34-30(24)25;1-14(2)11-16-12-17(15-9-7-6-8-10-15)19-13-18(16)20(3,4)5;/h3-14,16-18H,1-2H3;6-9,12-14H,11H2,1-5H3;/q2*-1;. The molecule has 0 aliphatic heterocycles.